The second-order valence-electron chi connectivity index (χ2n) is 4.99. The molecule has 1 aliphatic heterocycles. The first-order valence-electron chi connectivity index (χ1n) is 7.04. The van der Waals surface area contributed by atoms with E-state index in [2.05, 4.69) is 0 Å². The molecule has 0 unspecified atom stereocenters. The molecule has 0 aliphatic carbocycles. The molecule has 2 N–H and O–H groups in total. The molecule has 0 aromatic heterocycles. The van der Waals surface area contributed by atoms with Gasteiger partial charge in [0.15, 0.2) is 23.0 Å². The van der Waals surface area contributed by atoms with Crippen LogP contribution < -0.4 is 15.2 Å². The molecule has 0 saturated carbocycles. The lowest BCUT2D eigenvalue weighted by Crippen LogP contribution is -2.16. The van der Waals surface area contributed by atoms with Crippen molar-refractivity contribution in [2.45, 2.75) is 0 Å². The van der Waals surface area contributed by atoms with Crippen LogP contribution in [0.4, 0.5) is 0 Å². The van der Waals surface area contributed by atoms with Gasteiger partial charge in [-0.05, 0) is 0 Å². The minimum Gasteiger partial charge on any atom is -0.453 e. The highest BCUT2D eigenvalue weighted by molar-refractivity contribution is 8.00. The summed E-state index contributed by atoms with van der Waals surface area (Å²) in [6.45, 7) is 0. The van der Waals surface area contributed by atoms with Crippen molar-refractivity contribution in [3.05, 3.63) is 63.8 Å². The summed E-state index contributed by atoms with van der Waals surface area (Å²) in [5, 5.41) is 0.768. The number of carbonyl (C=O) groups excluding carboxylic acids is 1. The predicted molar refractivity (Wildman–Crippen MR) is 97.6 cm³/mol. The van der Waals surface area contributed by atoms with Gasteiger partial charge >= 0.3 is 0 Å². The van der Waals surface area contributed by atoms with Crippen molar-refractivity contribution in [3.8, 4) is 11.5 Å². The molecule has 0 fully saturated rings. The van der Waals surface area contributed by atoms with Crippen molar-refractivity contribution < 1.29 is 14.3 Å². The molecule has 3 rings (SSSR count). The zero-order chi connectivity index (χ0) is 17.1. The van der Waals surface area contributed by atoms with Crippen LogP contribution in [0.15, 0.2) is 48.2 Å². The monoisotopic (exact) mass is 381 g/mol. The number of primary amides is 1. The van der Waals surface area contributed by atoms with Crippen molar-refractivity contribution in [2.24, 2.45) is 5.73 Å². The molecule has 0 saturated heterocycles. The van der Waals surface area contributed by atoms with Crippen LogP contribution in [0.1, 0.15) is 5.56 Å². The second kappa shape index (κ2) is 7.38. The summed E-state index contributed by atoms with van der Waals surface area (Å²) in [6.07, 6.45) is 0. The van der Waals surface area contributed by atoms with Crippen LogP contribution >= 0.6 is 35.0 Å². The Balaban J connectivity index is 1.95. The second-order valence-corrected chi connectivity index (χ2v) is 6.79. The molecule has 2 aromatic rings. The zero-order valence-corrected chi connectivity index (χ0v) is 14.8. The Morgan fingerprint density at radius 2 is 1.67 bits per heavy atom. The molecule has 0 spiro atoms. The fraction of sp³-hybridized carbons (Fsp3) is 0.118. The van der Waals surface area contributed by atoms with Gasteiger partial charge < -0.3 is 15.2 Å². The molecule has 7 heteroatoms. The van der Waals surface area contributed by atoms with Crippen molar-refractivity contribution in [1.82, 2.24) is 0 Å². The van der Waals surface area contributed by atoms with Gasteiger partial charge in [-0.1, -0.05) is 53.5 Å². The number of carbonyl (C=O) groups is 1. The summed E-state index contributed by atoms with van der Waals surface area (Å²) in [7, 11) is 0. The quantitative estimate of drug-likeness (QED) is 0.835. The highest BCUT2D eigenvalue weighted by Gasteiger charge is 2.24. The van der Waals surface area contributed by atoms with Crippen LogP contribution in [-0.4, -0.2) is 17.4 Å². The van der Waals surface area contributed by atoms with E-state index >= 15 is 0 Å². The summed E-state index contributed by atoms with van der Waals surface area (Å²) in [4.78, 5) is 11.0. The fourth-order valence-corrected chi connectivity index (χ4v) is 3.15. The van der Waals surface area contributed by atoms with E-state index in [0.717, 1.165) is 5.56 Å². The Kier molecular flexibility index (Phi) is 5.23. The molecule has 4 nitrogen and oxygen atoms in total. The maximum Gasteiger partial charge on any atom is 0.227 e. The molecular weight excluding hydrogens is 369 g/mol. The number of rotatable bonds is 5. The van der Waals surface area contributed by atoms with Crippen molar-refractivity contribution >= 4 is 46.6 Å². The number of nitrogens with two attached hydrogens (primary N) is 1. The van der Waals surface area contributed by atoms with Crippen LogP contribution in [-0.2, 0) is 4.79 Å². The first kappa shape index (κ1) is 17.0. The van der Waals surface area contributed by atoms with Crippen molar-refractivity contribution in [2.75, 3.05) is 11.5 Å². The summed E-state index contributed by atoms with van der Waals surface area (Å²) >= 11 is 13.4. The van der Waals surface area contributed by atoms with Gasteiger partial charge in [-0.3, -0.25) is 4.79 Å². The number of hydrogen-bond acceptors (Lipinski definition) is 4. The predicted octanol–water partition coefficient (Wildman–Crippen LogP) is 4.35. The van der Waals surface area contributed by atoms with Crippen molar-refractivity contribution in [1.29, 1.82) is 0 Å². The molecule has 124 valence electrons. The van der Waals surface area contributed by atoms with Gasteiger partial charge in [0.25, 0.3) is 0 Å². The normalized spacial score (nSPS) is 13.1. The van der Waals surface area contributed by atoms with Crippen LogP contribution in [0, 0.1) is 0 Å². The highest BCUT2D eigenvalue weighted by atomic mass is 35.5. The fourth-order valence-electron chi connectivity index (χ4n) is 2.16. The Morgan fingerprint density at radius 1 is 1.04 bits per heavy atom. The number of hydrogen-bond donors (Lipinski definition) is 1. The highest BCUT2D eigenvalue weighted by Crippen LogP contribution is 2.43. The van der Waals surface area contributed by atoms with E-state index in [-0.39, 0.29) is 11.7 Å². The molecule has 1 amide bonds. The van der Waals surface area contributed by atoms with Crippen LogP contribution in [0.5, 0.6) is 11.5 Å². The van der Waals surface area contributed by atoms with E-state index < -0.39 is 0 Å². The molecule has 24 heavy (non-hydrogen) atoms. The smallest absolute Gasteiger partial charge is 0.227 e. The number of ether oxygens (including phenoxy) is 2. The molecule has 2 aromatic carbocycles. The van der Waals surface area contributed by atoms with Gasteiger partial charge in [0, 0.05) is 17.7 Å². The number of benzene rings is 2. The number of amides is 1. The molecule has 0 atom stereocenters. The lowest BCUT2D eigenvalue weighted by molar-refractivity contribution is -0.115. The van der Waals surface area contributed by atoms with Gasteiger partial charge in [-0.25, -0.2) is 0 Å². The van der Waals surface area contributed by atoms with E-state index in [4.69, 9.17) is 38.4 Å². The van der Waals surface area contributed by atoms with Crippen LogP contribution in [0.2, 0.25) is 10.0 Å². The van der Waals surface area contributed by atoms with Crippen LogP contribution in [0.3, 0.4) is 0 Å². The lowest BCUT2D eigenvalue weighted by Gasteiger charge is -2.24. The topological polar surface area (TPSA) is 61.6 Å². The third-order valence-electron chi connectivity index (χ3n) is 3.20. The summed E-state index contributed by atoms with van der Waals surface area (Å²) in [6, 6.07) is 12.8. The first-order chi connectivity index (χ1) is 11.5. The van der Waals surface area contributed by atoms with Gasteiger partial charge in [-0.15, -0.1) is 11.8 Å². The van der Waals surface area contributed by atoms with Gasteiger partial charge in [0.1, 0.15) is 0 Å². The molecule has 1 aliphatic rings. The molecule has 0 radical (unpaired) electrons. The Labute approximate surface area is 153 Å². The molecular formula is C17H13Cl2NO3S. The molecule has 1 heterocycles. The van der Waals surface area contributed by atoms with E-state index in [0.29, 0.717) is 38.8 Å². The van der Waals surface area contributed by atoms with Gasteiger partial charge in [0.05, 0.1) is 21.6 Å². The maximum absolute atomic E-state index is 11.0. The van der Waals surface area contributed by atoms with E-state index in [1.807, 2.05) is 30.3 Å². The van der Waals surface area contributed by atoms with Gasteiger partial charge in [0.2, 0.25) is 5.91 Å². The Hall–Kier alpha value is -1.82. The van der Waals surface area contributed by atoms with E-state index in [9.17, 15) is 4.79 Å². The minimum absolute atomic E-state index is 0.198. The van der Waals surface area contributed by atoms with E-state index in [1.54, 1.807) is 12.1 Å². The third-order valence-corrected chi connectivity index (χ3v) is 4.88. The first-order valence-corrected chi connectivity index (χ1v) is 8.95. The standard InChI is InChI=1S/C17H13Cl2NO3S/c18-11-6-13-14(7-12(11)19)23-17(10-4-2-1-3-5-10)15(22-13)8-24-9-16(20)21/h1-7H,8-9H2,(H2,20,21). The molecule has 0 bridgehead atoms. The summed E-state index contributed by atoms with van der Waals surface area (Å²) in [5.74, 6) is 2.41. The van der Waals surface area contributed by atoms with Gasteiger partial charge in [-0.2, -0.15) is 0 Å². The summed E-state index contributed by atoms with van der Waals surface area (Å²) < 4.78 is 12.0. The minimum atomic E-state index is -0.381. The van der Waals surface area contributed by atoms with E-state index in [1.165, 1.54) is 11.8 Å². The Morgan fingerprint density at radius 3 is 2.29 bits per heavy atom. The number of fused-ring (bicyclic) bond motifs is 1. The largest absolute Gasteiger partial charge is 0.453 e. The SMILES string of the molecule is NC(=O)CSCC1=C(c2ccccc2)Oc2cc(Cl)c(Cl)cc2O1. The average molecular weight is 382 g/mol. The average Bonchev–Trinajstić information content (AvgIpc) is 2.56. The zero-order valence-electron chi connectivity index (χ0n) is 12.4. The lowest BCUT2D eigenvalue weighted by atomic mass is 10.1. The van der Waals surface area contributed by atoms with Crippen LogP contribution in [0.25, 0.3) is 5.76 Å². The number of thioether (sulfide) groups is 1. The Bertz CT molecular complexity index is 809. The summed E-state index contributed by atoms with van der Waals surface area (Å²) in [5.41, 5.74) is 6.05. The maximum atomic E-state index is 11.0. The third kappa shape index (κ3) is 3.80. The number of halogens is 2. The van der Waals surface area contributed by atoms with Crippen molar-refractivity contribution in [3.63, 3.8) is 0 Å².